The highest BCUT2D eigenvalue weighted by Gasteiger charge is 2.17. The van der Waals surface area contributed by atoms with E-state index in [0.717, 1.165) is 16.6 Å². The average molecular weight is 471 g/mol. The van der Waals surface area contributed by atoms with Crippen LogP contribution in [0.5, 0.6) is 5.75 Å². The second kappa shape index (κ2) is 9.84. The lowest BCUT2D eigenvalue weighted by Gasteiger charge is -2.12. The second-order valence-electron chi connectivity index (χ2n) is 7.41. The summed E-state index contributed by atoms with van der Waals surface area (Å²) in [5.74, 6) is 0.897. The van der Waals surface area contributed by atoms with Crippen molar-refractivity contribution in [3.8, 4) is 11.4 Å². The van der Waals surface area contributed by atoms with Gasteiger partial charge in [-0.05, 0) is 48.5 Å². The molecule has 2 heterocycles. The molecule has 168 valence electrons. The molecular weight excluding hydrogens is 451 g/mol. The predicted molar refractivity (Wildman–Crippen MR) is 129 cm³/mol. The van der Waals surface area contributed by atoms with E-state index in [1.807, 2.05) is 65.2 Å². The number of carbonyl (C=O) groups excluding carboxylic acids is 1. The number of aromatic nitrogens is 4. The van der Waals surface area contributed by atoms with E-state index < -0.39 is 0 Å². The van der Waals surface area contributed by atoms with E-state index in [9.17, 15) is 9.18 Å². The first kappa shape index (κ1) is 21.8. The van der Waals surface area contributed by atoms with Crippen molar-refractivity contribution in [2.45, 2.75) is 11.8 Å². The molecule has 0 saturated carbocycles. The molecule has 0 atom stereocenters. The zero-order chi connectivity index (χ0) is 23.3. The first-order valence-electron chi connectivity index (χ1n) is 10.6. The molecule has 2 aromatic heterocycles. The van der Waals surface area contributed by atoms with Crippen LogP contribution in [0.3, 0.4) is 0 Å². The minimum absolute atomic E-state index is 0.118. The molecule has 5 aromatic rings. The predicted octanol–water partition coefficient (Wildman–Crippen LogP) is 5.51. The standard InChI is InChI=1S/C26H19FN4O2S/c27-20-13-11-18(12-14-20)22(32)17-34-26-30-29-24(31(26)21-8-2-1-3-9-21)16-33-23-10-4-6-19-7-5-15-28-25(19)23/h1-15H,16-17H2. The first-order chi connectivity index (χ1) is 16.7. The van der Waals surface area contributed by atoms with Crippen molar-refractivity contribution < 1.29 is 13.9 Å². The van der Waals surface area contributed by atoms with Crippen molar-refractivity contribution in [2.75, 3.05) is 5.75 Å². The molecule has 3 aromatic carbocycles. The number of hydrogen-bond acceptors (Lipinski definition) is 6. The Labute approximate surface area is 199 Å². The Balaban J connectivity index is 1.39. The van der Waals surface area contributed by atoms with Gasteiger partial charge in [0.05, 0.1) is 5.75 Å². The van der Waals surface area contributed by atoms with E-state index in [-0.39, 0.29) is 24.0 Å². The summed E-state index contributed by atoms with van der Waals surface area (Å²) in [5, 5.41) is 10.2. The maximum absolute atomic E-state index is 13.2. The molecule has 0 N–H and O–H groups in total. The van der Waals surface area contributed by atoms with Gasteiger partial charge in [0.25, 0.3) is 0 Å². The van der Waals surface area contributed by atoms with Gasteiger partial charge < -0.3 is 4.74 Å². The van der Waals surface area contributed by atoms with E-state index >= 15 is 0 Å². The molecule has 0 radical (unpaired) electrons. The number of halogens is 1. The molecule has 6 nitrogen and oxygen atoms in total. The molecule has 0 spiro atoms. The number of ether oxygens (including phenoxy) is 1. The minimum atomic E-state index is -0.376. The van der Waals surface area contributed by atoms with Crippen LogP contribution >= 0.6 is 11.8 Å². The van der Waals surface area contributed by atoms with Crippen molar-refractivity contribution in [3.63, 3.8) is 0 Å². The molecular formula is C26H19FN4O2S. The molecule has 8 heteroatoms. The van der Waals surface area contributed by atoms with E-state index in [4.69, 9.17) is 4.74 Å². The summed E-state index contributed by atoms with van der Waals surface area (Å²) in [6.07, 6.45) is 1.73. The number of carbonyl (C=O) groups is 1. The summed E-state index contributed by atoms with van der Waals surface area (Å²) < 4.78 is 21.1. The number of hydrogen-bond donors (Lipinski definition) is 0. The summed E-state index contributed by atoms with van der Waals surface area (Å²) >= 11 is 1.27. The van der Waals surface area contributed by atoms with Gasteiger partial charge in [-0.15, -0.1) is 10.2 Å². The van der Waals surface area contributed by atoms with Crippen LogP contribution < -0.4 is 4.74 Å². The summed E-state index contributed by atoms with van der Waals surface area (Å²) in [7, 11) is 0. The average Bonchev–Trinajstić information content (AvgIpc) is 3.29. The van der Waals surface area contributed by atoms with Crippen LogP contribution in [0.4, 0.5) is 4.39 Å². The Bertz CT molecular complexity index is 1430. The van der Waals surface area contributed by atoms with Crippen molar-refractivity contribution in [1.29, 1.82) is 0 Å². The van der Waals surface area contributed by atoms with Crippen LogP contribution in [0.15, 0.2) is 96.3 Å². The number of nitrogens with zero attached hydrogens (tertiary/aromatic N) is 4. The summed E-state index contributed by atoms with van der Waals surface area (Å²) in [5.41, 5.74) is 2.08. The molecule has 0 saturated heterocycles. The topological polar surface area (TPSA) is 69.9 Å². The van der Waals surface area contributed by atoms with Crippen LogP contribution in [0.25, 0.3) is 16.6 Å². The number of benzene rings is 3. The SMILES string of the molecule is O=C(CSc1nnc(COc2cccc3cccnc23)n1-c1ccccc1)c1ccc(F)cc1. The Hall–Kier alpha value is -4.04. The van der Waals surface area contributed by atoms with Crippen LogP contribution in [0.1, 0.15) is 16.2 Å². The van der Waals surface area contributed by atoms with Gasteiger partial charge in [-0.3, -0.25) is 14.3 Å². The third-order valence-corrected chi connectivity index (χ3v) is 6.09. The fourth-order valence-corrected chi connectivity index (χ4v) is 4.37. The van der Waals surface area contributed by atoms with Gasteiger partial charge in [-0.1, -0.05) is 48.2 Å². The van der Waals surface area contributed by atoms with Gasteiger partial charge in [0.2, 0.25) is 0 Å². The maximum Gasteiger partial charge on any atom is 0.196 e. The zero-order valence-corrected chi connectivity index (χ0v) is 18.8. The van der Waals surface area contributed by atoms with E-state index in [1.165, 1.54) is 36.0 Å². The van der Waals surface area contributed by atoms with Gasteiger partial charge in [-0.2, -0.15) is 0 Å². The molecule has 0 aliphatic carbocycles. The molecule has 0 amide bonds. The number of para-hydroxylation sites is 2. The Morgan fingerprint density at radius 2 is 1.71 bits per heavy atom. The number of thioether (sulfide) groups is 1. The lowest BCUT2D eigenvalue weighted by Crippen LogP contribution is -2.08. The van der Waals surface area contributed by atoms with E-state index in [2.05, 4.69) is 15.2 Å². The van der Waals surface area contributed by atoms with E-state index in [0.29, 0.717) is 22.3 Å². The molecule has 5 rings (SSSR count). The monoisotopic (exact) mass is 470 g/mol. The maximum atomic E-state index is 13.2. The number of fused-ring (bicyclic) bond motifs is 1. The van der Waals surface area contributed by atoms with Crippen LogP contribution in [0.2, 0.25) is 0 Å². The highest BCUT2D eigenvalue weighted by atomic mass is 32.2. The number of rotatable bonds is 8. The van der Waals surface area contributed by atoms with Crippen LogP contribution in [0, 0.1) is 5.82 Å². The minimum Gasteiger partial charge on any atom is -0.483 e. The third kappa shape index (κ3) is 4.67. The third-order valence-electron chi connectivity index (χ3n) is 5.17. The number of Topliss-reactive ketones (excluding diaryl/α,β-unsaturated/α-hetero) is 1. The van der Waals surface area contributed by atoms with Crippen molar-refractivity contribution in [2.24, 2.45) is 0 Å². The van der Waals surface area contributed by atoms with Gasteiger partial charge in [0, 0.05) is 22.8 Å². The van der Waals surface area contributed by atoms with Gasteiger partial charge in [-0.25, -0.2) is 4.39 Å². The molecule has 34 heavy (non-hydrogen) atoms. The fourth-order valence-electron chi connectivity index (χ4n) is 3.51. The summed E-state index contributed by atoms with van der Waals surface area (Å²) in [6, 6.07) is 24.8. The summed E-state index contributed by atoms with van der Waals surface area (Å²) in [6.45, 7) is 0.171. The van der Waals surface area contributed by atoms with Crippen molar-refractivity contribution >= 4 is 28.4 Å². The first-order valence-corrected chi connectivity index (χ1v) is 11.6. The van der Waals surface area contributed by atoms with Crippen LogP contribution in [-0.2, 0) is 6.61 Å². The van der Waals surface area contributed by atoms with E-state index in [1.54, 1.807) is 6.20 Å². The van der Waals surface area contributed by atoms with Gasteiger partial charge in [0.1, 0.15) is 23.7 Å². The number of pyridine rings is 1. The van der Waals surface area contributed by atoms with Crippen molar-refractivity contribution in [1.82, 2.24) is 19.7 Å². The van der Waals surface area contributed by atoms with Gasteiger partial charge >= 0.3 is 0 Å². The number of ketones is 1. The Morgan fingerprint density at radius 1 is 0.912 bits per heavy atom. The Morgan fingerprint density at radius 3 is 2.53 bits per heavy atom. The lowest BCUT2D eigenvalue weighted by molar-refractivity contribution is 0.102. The molecule has 0 bridgehead atoms. The molecule has 0 unspecified atom stereocenters. The second-order valence-corrected chi connectivity index (χ2v) is 8.35. The normalized spacial score (nSPS) is 11.0. The van der Waals surface area contributed by atoms with Crippen molar-refractivity contribution in [3.05, 3.63) is 108 Å². The zero-order valence-electron chi connectivity index (χ0n) is 18.0. The quantitative estimate of drug-likeness (QED) is 0.220. The smallest absolute Gasteiger partial charge is 0.196 e. The molecule has 0 fully saturated rings. The molecule has 0 aliphatic rings. The highest BCUT2D eigenvalue weighted by Crippen LogP contribution is 2.26. The Kier molecular flexibility index (Phi) is 6.31. The largest absolute Gasteiger partial charge is 0.483 e. The lowest BCUT2D eigenvalue weighted by atomic mass is 10.1. The van der Waals surface area contributed by atoms with Crippen LogP contribution in [-0.4, -0.2) is 31.3 Å². The molecule has 0 aliphatic heterocycles. The summed E-state index contributed by atoms with van der Waals surface area (Å²) in [4.78, 5) is 17.0. The fraction of sp³-hybridized carbons (Fsp3) is 0.0769. The van der Waals surface area contributed by atoms with Gasteiger partial charge in [0.15, 0.2) is 16.8 Å². The highest BCUT2D eigenvalue weighted by molar-refractivity contribution is 7.99.